The van der Waals surface area contributed by atoms with E-state index in [2.05, 4.69) is 39.8 Å². The first kappa shape index (κ1) is 11.2. The Labute approximate surface area is 106 Å². The molecule has 0 radical (unpaired) electrons. The van der Waals surface area contributed by atoms with Crippen LogP contribution in [0.1, 0.15) is 6.42 Å². The topological polar surface area (TPSA) is 52.0 Å². The number of hydrogen-bond donors (Lipinski definition) is 1. The maximum Gasteiger partial charge on any atom is 0.163 e. The second-order valence-corrected chi connectivity index (χ2v) is 4.55. The molecule has 0 amide bonds. The molecular weight excluding hydrogens is 228 g/mol. The third kappa shape index (κ3) is 2.22. The predicted octanol–water partition coefficient (Wildman–Crippen LogP) is 1.68. The molecule has 1 aliphatic rings. The third-order valence-corrected chi connectivity index (χ3v) is 3.15. The van der Waals surface area contributed by atoms with E-state index >= 15 is 0 Å². The van der Waals surface area contributed by atoms with Crippen molar-refractivity contribution in [1.29, 1.82) is 0 Å². The van der Waals surface area contributed by atoms with E-state index in [4.69, 9.17) is 4.74 Å². The van der Waals surface area contributed by atoms with Crippen molar-refractivity contribution in [2.24, 2.45) is 7.05 Å². The standard InChI is InChI=1S/C13H16N4O/c1-17-9-14-16-13(17)10-2-4-11(5-3-10)15-12-6-7-18-8-12/h2-5,9,12,15H,6-8H2,1H3. The minimum atomic E-state index is 0.436. The molecule has 2 aromatic rings. The number of rotatable bonds is 3. The maximum atomic E-state index is 5.34. The monoisotopic (exact) mass is 244 g/mol. The number of hydrogen-bond acceptors (Lipinski definition) is 4. The molecule has 1 aromatic carbocycles. The largest absolute Gasteiger partial charge is 0.380 e. The lowest BCUT2D eigenvalue weighted by atomic mass is 10.1. The van der Waals surface area contributed by atoms with Gasteiger partial charge in [0.2, 0.25) is 0 Å². The minimum absolute atomic E-state index is 0.436. The Balaban J connectivity index is 1.74. The van der Waals surface area contributed by atoms with Crippen molar-refractivity contribution >= 4 is 5.69 Å². The van der Waals surface area contributed by atoms with E-state index in [9.17, 15) is 0 Å². The lowest BCUT2D eigenvalue weighted by Gasteiger charge is -2.12. The summed E-state index contributed by atoms with van der Waals surface area (Å²) in [5.41, 5.74) is 2.19. The summed E-state index contributed by atoms with van der Waals surface area (Å²) in [6.45, 7) is 1.65. The van der Waals surface area contributed by atoms with Gasteiger partial charge < -0.3 is 14.6 Å². The van der Waals surface area contributed by atoms with Gasteiger partial charge in [-0.15, -0.1) is 10.2 Å². The van der Waals surface area contributed by atoms with Crippen LogP contribution in [0.25, 0.3) is 11.4 Å². The van der Waals surface area contributed by atoms with E-state index in [1.54, 1.807) is 6.33 Å². The second-order valence-electron chi connectivity index (χ2n) is 4.55. The van der Waals surface area contributed by atoms with Gasteiger partial charge in [0.05, 0.1) is 12.6 Å². The molecule has 5 nitrogen and oxygen atoms in total. The fraction of sp³-hybridized carbons (Fsp3) is 0.385. The van der Waals surface area contributed by atoms with Crippen LogP contribution in [0.2, 0.25) is 0 Å². The van der Waals surface area contributed by atoms with Crippen LogP contribution < -0.4 is 5.32 Å². The third-order valence-electron chi connectivity index (χ3n) is 3.15. The summed E-state index contributed by atoms with van der Waals surface area (Å²) in [5.74, 6) is 0.880. The first-order valence-electron chi connectivity index (χ1n) is 6.11. The highest BCUT2D eigenvalue weighted by Crippen LogP contribution is 2.20. The number of anilines is 1. The van der Waals surface area contributed by atoms with Gasteiger partial charge in [-0.25, -0.2) is 0 Å². The fourth-order valence-corrected chi connectivity index (χ4v) is 2.14. The van der Waals surface area contributed by atoms with E-state index in [0.717, 1.165) is 36.7 Å². The van der Waals surface area contributed by atoms with E-state index in [1.807, 2.05) is 11.6 Å². The number of nitrogens with one attached hydrogen (secondary N) is 1. The Bertz CT molecular complexity index is 514. The highest BCUT2D eigenvalue weighted by molar-refractivity contribution is 5.59. The van der Waals surface area contributed by atoms with Crippen LogP contribution in [0.4, 0.5) is 5.69 Å². The summed E-state index contributed by atoms with van der Waals surface area (Å²) in [5, 5.41) is 11.4. The van der Waals surface area contributed by atoms with Crippen molar-refractivity contribution in [1.82, 2.24) is 14.8 Å². The zero-order valence-corrected chi connectivity index (χ0v) is 10.3. The minimum Gasteiger partial charge on any atom is -0.380 e. The molecule has 94 valence electrons. The highest BCUT2D eigenvalue weighted by Gasteiger charge is 2.14. The number of nitrogens with zero attached hydrogens (tertiary/aromatic N) is 3. The smallest absolute Gasteiger partial charge is 0.163 e. The summed E-state index contributed by atoms with van der Waals surface area (Å²) in [6, 6.07) is 8.69. The molecule has 3 rings (SSSR count). The van der Waals surface area contributed by atoms with Crippen LogP contribution in [-0.2, 0) is 11.8 Å². The molecule has 1 unspecified atom stereocenters. The second kappa shape index (κ2) is 4.78. The first-order valence-corrected chi connectivity index (χ1v) is 6.11. The maximum absolute atomic E-state index is 5.34. The zero-order valence-electron chi connectivity index (χ0n) is 10.3. The summed E-state index contributed by atoms with van der Waals surface area (Å²) < 4.78 is 7.25. The van der Waals surface area contributed by atoms with E-state index in [-0.39, 0.29) is 0 Å². The van der Waals surface area contributed by atoms with Crippen LogP contribution >= 0.6 is 0 Å². The molecule has 5 heteroatoms. The average Bonchev–Trinajstić information content (AvgIpc) is 3.02. The summed E-state index contributed by atoms with van der Waals surface area (Å²) in [4.78, 5) is 0. The summed E-state index contributed by atoms with van der Waals surface area (Å²) in [6.07, 6.45) is 2.78. The van der Waals surface area contributed by atoms with Crippen molar-refractivity contribution < 1.29 is 4.74 Å². The molecular formula is C13H16N4O. The zero-order chi connectivity index (χ0) is 12.4. The van der Waals surface area contributed by atoms with Crippen LogP contribution in [0, 0.1) is 0 Å². The molecule has 0 bridgehead atoms. The molecule has 0 spiro atoms. The Hall–Kier alpha value is -1.88. The molecule has 1 aromatic heterocycles. The lowest BCUT2D eigenvalue weighted by Crippen LogP contribution is -2.18. The molecule has 0 saturated carbocycles. The fourth-order valence-electron chi connectivity index (χ4n) is 2.14. The number of benzene rings is 1. The van der Waals surface area contributed by atoms with Crippen LogP contribution in [-0.4, -0.2) is 34.0 Å². The molecule has 1 aliphatic heterocycles. The Morgan fingerprint density at radius 2 is 2.17 bits per heavy atom. The Morgan fingerprint density at radius 1 is 1.33 bits per heavy atom. The highest BCUT2D eigenvalue weighted by atomic mass is 16.5. The van der Waals surface area contributed by atoms with Gasteiger partial charge in [-0.1, -0.05) is 0 Å². The van der Waals surface area contributed by atoms with Crippen molar-refractivity contribution in [3.63, 3.8) is 0 Å². The summed E-state index contributed by atoms with van der Waals surface area (Å²) >= 11 is 0. The van der Waals surface area contributed by atoms with Crippen molar-refractivity contribution in [3.8, 4) is 11.4 Å². The van der Waals surface area contributed by atoms with Gasteiger partial charge in [0.1, 0.15) is 6.33 Å². The van der Waals surface area contributed by atoms with Crippen molar-refractivity contribution in [2.75, 3.05) is 18.5 Å². The molecule has 18 heavy (non-hydrogen) atoms. The molecule has 2 heterocycles. The van der Waals surface area contributed by atoms with E-state index < -0.39 is 0 Å². The van der Waals surface area contributed by atoms with Gasteiger partial charge >= 0.3 is 0 Å². The van der Waals surface area contributed by atoms with Crippen molar-refractivity contribution in [2.45, 2.75) is 12.5 Å². The Kier molecular flexibility index (Phi) is 2.98. The van der Waals surface area contributed by atoms with Crippen LogP contribution in [0.15, 0.2) is 30.6 Å². The summed E-state index contributed by atoms with van der Waals surface area (Å²) in [7, 11) is 1.94. The number of ether oxygens (including phenoxy) is 1. The number of aromatic nitrogens is 3. The first-order chi connectivity index (χ1) is 8.83. The van der Waals surface area contributed by atoms with E-state index in [0.29, 0.717) is 6.04 Å². The Morgan fingerprint density at radius 3 is 2.78 bits per heavy atom. The van der Waals surface area contributed by atoms with Gasteiger partial charge in [0.15, 0.2) is 5.82 Å². The van der Waals surface area contributed by atoms with E-state index in [1.165, 1.54) is 0 Å². The predicted molar refractivity (Wildman–Crippen MR) is 69.3 cm³/mol. The molecule has 1 saturated heterocycles. The van der Waals surface area contributed by atoms with Gasteiger partial charge in [-0.2, -0.15) is 0 Å². The molecule has 1 atom stereocenters. The SMILES string of the molecule is Cn1cnnc1-c1ccc(NC2CCOC2)cc1. The van der Waals surface area contributed by atoms with Gasteiger partial charge in [0, 0.05) is 24.9 Å². The lowest BCUT2D eigenvalue weighted by molar-refractivity contribution is 0.195. The normalized spacial score (nSPS) is 19.1. The van der Waals surface area contributed by atoms with Crippen molar-refractivity contribution in [3.05, 3.63) is 30.6 Å². The van der Waals surface area contributed by atoms with Crippen LogP contribution in [0.3, 0.4) is 0 Å². The molecule has 1 N–H and O–H groups in total. The van der Waals surface area contributed by atoms with Gasteiger partial charge in [-0.05, 0) is 30.7 Å². The molecule has 1 fully saturated rings. The van der Waals surface area contributed by atoms with Gasteiger partial charge in [0.25, 0.3) is 0 Å². The molecule has 0 aliphatic carbocycles. The van der Waals surface area contributed by atoms with Crippen LogP contribution in [0.5, 0.6) is 0 Å². The number of aryl methyl sites for hydroxylation is 1. The van der Waals surface area contributed by atoms with Gasteiger partial charge in [-0.3, -0.25) is 0 Å². The average molecular weight is 244 g/mol. The quantitative estimate of drug-likeness (QED) is 0.892.